The van der Waals surface area contributed by atoms with E-state index in [4.69, 9.17) is 14.0 Å². The normalized spacial score (nSPS) is 12.6. The predicted octanol–water partition coefficient (Wildman–Crippen LogP) is 3.44. The van der Waals surface area contributed by atoms with Crippen LogP contribution in [0.2, 0.25) is 0 Å². The molecule has 3 aromatic heterocycles. The molecule has 1 aliphatic rings. The Hall–Kier alpha value is -3.09. The van der Waals surface area contributed by atoms with Crippen LogP contribution in [0.5, 0.6) is 11.5 Å². The van der Waals surface area contributed by atoms with E-state index >= 15 is 0 Å². The first-order valence-corrected chi connectivity index (χ1v) is 8.01. The third-order valence-corrected chi connectivity index (χ3v) is 4.25. The summed E-state index contributed by atoms with van der Waals surface area (Å²) in [6.45, 7) is 4.47. The highest BCUT2D eigenvalue weighted by Gasteiger charge is 2.25. The summed E-state index contributed by atoms with van der Waals surface area (Å²) >= 11 is 0. The Kier molecular flexibility index (Phi) is 3.76. The summed E-state index contributed by atoms with van der Waals surface area (Å²) < 4.78 is 16.4. The van der Waals surface area contributed by atoms with E-state index in [0.29, 0.717) is 18.2 Å². The molecule has 0 amide bonds. The molecule has 0 aromatic carbocycles. The Labute approximate surface area is 145 Å². The molecule has 4 rings (SSSR count). The van der Waals surface area contributed by atoms with E-state index in [9.17, 15) is 0 Å². The molecule has 0 bridgehead atoms. The zero-order valence-corrected chi connectivity index (χ0v) is 14.3. The van der Waals surface area contributed by atoms with E-state index in [0.717, 1.165) is 46.0 Å². The summed E-state index contributed by atoms with van der Waals surface area (Å²) in [6.07, 6.45) is 6.03. The van der Waals surface area contributed by atoms with E-state index in [1.54, 1.807) is 19.5 Å². The molecule has 128 valence electrons. The van der Waals surface area contributed by atoms with Gasteiger partial charge in [0.2, 0.25) is 0 Å². The maximum absolute atomic E-state index is 5.85. The van der Waals surface area contributed by atoms with Crippen LogP contribution in [-0.2, 0) is 6.42 Å². The third-order valence-electron chi connectivity index (χ3n) is 4.25. The molecule has 1 N–H and O–H groups in total. The fourth-order valence-electron chi connectivity index (χ4n) is 3.10. The van der Waals surface area contributed by atoms with Gasteiger partial charge >= 0.3 is 0 Å². The Bertz CT molecular complexity index is 917. The van der Waals surface area contributed by atoms with Gasteiger partial charge in [0.1, 0.15) is 11.5 Å². The van der Waals surface area contributed by atoms with Crippen LogP contribution in [0.25, 0.3) is 11.1 Å². The highest BCUT2D eigenvalue weighted by molar-refractivity contribution is 5.78. The number of anilines is 2. The van der Waals surface area contributed by atoms with Crippen LogP contribution in [-0.4, -0.2) is 28.8 Å². The molecule has 3 aromatic rings. The Balaban J connectivity index is 1.75. The smallest absolute Gasteiger partial charge is 0.173 e. The second-order valence-corrected chi connectivity index (χ2v) is 5.86. The van der Waals surface area contributed by atoms with Crippen LogP contribution in [0, 0.1) is 13.8 Å². The number of rotatable bonds is 4. The zero-order chi connectivity index (χ0) is 17.4. The van der Waals surface area contributed by atoms with Crippen LogP contribution in [0.15, 0.2) is 29.2 Å². The van der Waals surface area contributed by atoms with E-state index < -0.39 is 0 Å². The first-order chi connectivity index (χ1) is 12.2. The number of aryl methyl sites for hydroxylation is 2. The largest absolute Gasteiger partial charge is 0.495 e. The summed E-state index contributed by atoms with van der Waals surface area (Å²) in [5.74, 6) is 2.89. The fourth-order valence-corrected chi connectivity index (χ4v) is 3.10. The van der Waals surface area contributed by atoms with Gasteiger partial charge in [-0.1, -0.05) is 5.16 Å². The Morgan fingerprint density at radius 1 is 1.20 bits per heavy atom. The van der Waals surface area contributed by atoms with Crippen molar-refractivity contribution in [2.24, 2.45) is 0 Å². The molecule has 0 atom stereocenters. The van der Waals surface area contributed by atoms with Gasteiger partial charge in [-0.3, -0.25) is 4.98 Å². The van der Waals surface area contributed by atoms with Crippen molar-refractivity contribution >= 4 is 11.5 Å². The molecule has 0 spiro atoms. The van der Waals surface area contributed by atoms with Crippen LogP contribution < -0.4 is 14.8 Å². The SMILES string of the molecule is COc1cncc(Nc2ncc(-c3c(C)noc3C)c3c2OCC3)c1. The molecule has 0 fully saturated rings. The molecule has 0 unspecified atom stereocenters. The minimum Gasteiger partial charge on any atom is -0.495 e. The molecule has 7 heteroatoms. The zero-order valence-electron chi connectivity index (χ0n) is 14.3. The van der Waals surface area contributed by atoms with Gasteiger partial charge < -0.3 is 19.3 Å². The lowest BCUT2D eigenvalue weighted by Gasteiger charge is -2.13. The first-order valence-electron chi connectivity index (χ1n) is 8.01. The molecular weight excluding hydrogens is 320 g/mol. The van der Waals surface area contributed by atoms with Gasteiger partial charge in [-0.2, -0.15) is 0 Å². The first kappa shape index (κ1) is 15.4. The number of hydrogen-bond donors (Lipinski definition) is 1. The second kappa shape index (κ2) is 6.08. The molecule has 1 aliphatic heterocycles. The van der Waals surface area contributed by atoms with Crippen molar-refractivity contribution in [2.75, 3.05) is 19.0 Å². The van der Waals surface area contributed by atoms with Crippen LogP contribution in [0.3, 0.4) is 0 Å². The van der Waals surface area contributed by atoms with Crippen molar-refractivity contribution in [1.82, 2.24) is 15.1 Å². The number of fused-ring (bicyclic) bond motifs is 1. The van der Waals surface area contributed by atoms with E-state index in [1.807, 2.05) is 26.1 Å². The topological polar surface area (TPSA) is 82.3 Å². The molecule has 0 radical (unpaired) electrons. The summed E-state index contributed by atoms with van der Waals surface area (Å²) in [7, 11) is 1.61. The van der Waals surface area contributed by atoms with Crippen molar-refractivity contribution in [1.29, 1.82) is 0 Å². The molecule has 0 saturated heterocycles. The van der Waals surface area contributed by atoms with Gasteiger partial charge in [0.25, 0.3) is 0 Å². The number of methoxy groups -OCH3 is 1. The van der Waals surface area contributed by atoms with E-state index in [2.05, 4.69) is 20.4 Å². The van der Waals surface area contributed by atoms with Crippen LogP contribution in [0.4, 0.5) is 11.5 Å². The molecule has 0 saturated carbocycles. The van der Waals surface area contributed by atoms with E-state index in [1.165, 1.54) is 0 Å². The number of hydrogen-bond acceptors (Lipinski definition) is 7. The molecular formula is C18H18N4O3. The summed E-state index contributed by atoms with van der Waals surface area (Å²) in [5, 5.41) is 7.31. The van der Waals surface area contributed by atoms with Crippen molar-refractivity contribution in [3.05, 3.63) is 41.7 Å². The van der Waals surface area contributed by atoms with Crippen molar-refractivity contribution < 1.29 is 14.0 Å². The highest BCUT2D eigenvalue weighted by atomic mass is 16.5. The van der Waals surface area contributed by atoms with Crippen LogP contribution in [0.1, 0.15) is 17.0 Å². The summed E-state index contributed by atoms with van der Waals surface area (Å²) in [5.41, 5.74) is 4.76. The molecule has 7 nitrogen and oxygen atoms in total. The molecule has 4 heterocycles. The van der Waals surface area contributed by atoms with Gasteiger partial charge in [0.15, 0.2) is 11.6 Å². The van der Waals surface area contributed by atoms with Gasteiger partial charge in [0, 0.05) is 35.4 Å². The van der Waals surface area contributed by atoms with Crippen molar-refractivity contribution in [2.45, 2.75) is 20.3 Å². The lowest BCUT2D eigenvalue weighted by molar-refractivity contribution is 0.357. The number of nitrogens with zero attached hydrogens (tertiary/aromatic N) is 3. The second-order valence-electron chi connectivity index (χ2n) is 5.86. The van der Waals surface area contributed by atoms with E-state index in [-0.39, 0.29) is 0 Å². The lowest BCUT2D eigenvalue weighted by atomic mass is 9.99. The lowest BCUT2D eigenvalue weighted by Crippen LogP contribution is -1.99. The Morgan fingerprint density at radius 3 is 2.84 bits per heavy atom. The van der Waals surface area contributed by atoms with Crippen molar-refractivity contribution in [3.8, 4) is 22.6 Å². The molecule has 0 aliphatic carbocycles. The number of ether oxygens (including phenoxy) is 2. The fraction of sp³-hybridized carbons (Fsp3) is 0.278. The van der Waals surface area contributed by atoms with Gasteiger partial charge in [-0.15, -0.1) is 0 Å². The monoisotopic (exact) mass is 338 g/mol. The minimum absolute atomic E-state index is 0.627. The van der Waals surface area contributed by atoms with Gasteiger partial charge in [-0.25, -0.2) is 4.98 Å². The third kappa shape index (κ3) is 2.67. The molecule has 25 heavy (non-hydrogen) atoms. The highest BCUT2D eigenvalue weighted by Crippen LogP contribution is 2.41. The standard InChI is InChI=1S/C18H18N4O3/c1-10-16(11(2)25-22-10)15-9-20-18(17-14(15)4-5-24-17)21-12-6-13(23-3)8-19-7-12/h6-9H,4-5H2,1-3H3,(H,20,21). The van der Waals surface area contributed by atoms with Gasteiger partial charge in [0.05, 0.1) is 37.5 Å². The average Bonchev–Trinajstić information content (AvgIpc) is 3.24. The minimum atomic E-state index is 0.627. The van der Waals surface area contributed by atoms with Crippen molar-refractivity contribution in [3.63, 3.8) is 0 Å². The maximum atomic E-state index is 5.85. The number of pyridine rings is 2. The predicted molar refractivity (Wildman–Crippen MR) is 92.5 cm³/mol. The quantitative estimate of drug-likeness (QED) is 0.780. The summed E-state index contributed by atoms with van der Waals surface area (Å²) in [4.78, 5) is 8.71. The maximum Gasteiger partial charge on any atom is 0.173 e. The van der Waals surface area contributed by atoms with Crippen LogP contribution >= 0.6 is 0 Å². The number of nitrogens with one attached hydrogen (secondary N) is 1. The Morgan fingerprint density at radius 2 is 2.08 bits per heavy atom. The average molecular weight is 338 g/mol. The summed E-state index contributed by atoms with van der Waals surface area (Å²) in [6, 6.07) is 1.86. The van der Waals surface area contributed by atoms with Gasteiger partial charge in [-0.05, 0) is 13.8 Å². The number of aromatic nitrogens is 3.